The van der Waals surface area contributed by atoms with Gasteiger partial charge in [-0.2, -0.15) is 0 Å². The number of fused-ring (bicyclic) bond motifs is 1. The molecule has 2 aliphatic heterocycles. The summed E-state index contributed by atoms with van der Waals surface area (Å²) >= 11 is 0. The van der Waals surface area contributed by atoms with E-state index in [9.17, 15) is 19.2 Å². The first-order valence-corrected chi connectivity index (χ1v) is 16.4. The number of pyridine rings is 1. The lowest BCUT2D eigenvalue weighted by molar-refractivity contribution is -0.138. The second-order valence-electron chi connectivity index (χ2n) is 13.4. The highest BCUT2D eigenvalue weighted by molar-refractivity contribution is 6.43. The number of rotatable bonds is 9. The van der Waals surface area contributed by atoms with E-state index in [1.807, 2.05) is 39.8 Å². The van der Waals surface area contributed by atoms with Crippen molar-refractivity contribution < 1.29 is 39.1 Å². The maximum atomic E-state index is 13.0. The minimum absolute atomic E-state index is 0.122. The summed E-state index contributed by atoms with van der Waals surface area (Å²) in [4.78, 5) is 54.2. The molecule has 14 heteroatoms. The van der Waals surface area contributed by atoms with E-state index in [-0.39, 0.29) is 29.2 Å². The lowest BCUT2D eigenvalue weighted by Gasteiger charge is -2.33. The van der Waals surface area contributed by atoms with Crippen LogP contribution in [0.2, 0.25) is 0 Å². The molecule has 1 aromatic rings. The Bertz CT molecular complexity index is 1090. The van der Waals surface area contributed by atoms with Crippen LogP contribution in [0.3, 0.4) is 0 Å². The Hall–Kier alpha value is -3.23. The van der Waals surface area contributed by atoms with Crippen molar-refractivity contribution in [3.63, 3.8) is 0 Å². The monoisotopic (exact) mass is 647 g/mol. The number of alkyl carbamates (subject to hydrolysis) is 1. The van der Waals surface area contributed by atoms with Crippen molar-refractivity contribution in [3.05, 3.63) is 29.6 Å². The number of nitrogens with zero attached hydrogens (tertiary/aromatic N) is 3. The van der Waals surface area contributed by atoms with Gasteiger partial charge in [0.25, 0.3) is 0 Å². The molecule has 3 unspecified atom stereocenters. The van der Waals surface area contributed by atoms with Crippen LogP contribution in [0, 0.1) is 11.3 Å². The average molecular weight is 648 g/mol. The Labute approximate surface area is 273 Å². The molecule has 1 saturated heterocycles. The van der Waals surface area contributed by atoms with Gasteiger partial charge in [0.2, 0.25) is 5.91 Å². The molecule has 2 fully saturated rings. The first kappa shape index (κ1) is 39.0. The quantitative estimate of drug-likeness (QED) is 0.197. The zero-order valence-electron chi connectivity index (χ0n) is 28.1. The fourth-order valence-corrected chi connectivity index (χ4v) is 5.77. The molecular weight excluding hydrogens is 593 g/mol. The van der Waals surface area contributed by atoms with Crippen molar-refractivity contribution in [1.82, 2.24) is 25.4 Å². The predicted octanol–water partition coefficient (Wildman–Crippen LogP) is 3.36. The van der Waals surface area contributed by atoms with Crippen LogP contribution in [-0.4, -0.2) is 99.7 Å². The highest BCUT2D eigenvalue weighted by atomic mass is 16.5. The van der Waals surface area contributed by atoms with E-state index in [2.05, 4.69) is 15.6 Å². The number of carbonyl (C=O) groups is 4. The summed E-state index contributed by atoms with van der Waals surface area (Å²) in [5.41, 5.74) is 1.76. The molecule has 13 nitrogen and oxygen atoms in total. The maximum Gasteiger partial charge on any atom is 0.469 e. The number of ether oxygens (including phenoxy) is 1. The van der Waals surface area contributed by atoms with Crippen molar-refractivity contribution in [1.29, 1.82) is 0 Å². The van der Waals surface area contributed by atoms with Crippen LogP contribution in [-0.2, 0) is 27.4 Å². The molecule has 46 heavy (non-hydrogen) atoms. The first-order chi connectivity index (χ1) is 21.8. The summed E-state index contributed by atoms with van der Waals surface area (Å²) < 4.78 is 5.30. The van der Waals surface area contributed by atoms with Gasteiger partial charge in [0.15, 0.2) is 0 Å². The predicted molar refractivity (Wildman–Crippen MR) is 175 cm³/mol. The molecule has 3 atom stereocenters. The molecular formula is C32H54BN5O8. The standard InChI is InChI=1S/C19H32N2O4.C8H8N2O2.C5H14BNO2/c1-19(2,3)13-25-18(24)20-16(14-8-5-4-6-9-14)17(23)21-11-7-10-15(21)12-22;11-8(12)10-4-6-2-1-3-9-7(6)5-10;1-3-4-5(7-2)6(8)9/h12,14-16H,4-11,13H2,1-3H3,(H,20,24);1-3H,4-5H2,(H,11,12);5,7-9H,3-4H2,1-2H3. The minimum atomic E-state index is -1.23. The highest BCUT2D eigenvalue weighted by Gasteiger charge is 2.38. The molecule has 3 heterocycles. The van der Waals surface area contributed by atoms with Gasteiger partial charge in [-0.15, -0.1) is 0 Å². The van der Waals surface area contributed by atoms with Crippen LogP contribution in [0.5, 0.6) is 0 Å². The van der Waals surface area contributed by atoms with Crippen molar-refractivity contribution >= 4 is 31.5 Å². The van der Waals surface area contributed by atoms with E-state index >= 15 is 0 Å². The van der Waals surface area contributed by atoms with E-state index in [0.29, 0.717) is 32.7 Å². The second-order valence-corrected chi connectivity index (χ2v) is 13.4. The number of likely N-dealkylation sites (tertiary alicyclic amines) is 1. The summed E-state index contributed by atoms with van der Waals surface area (Å²) in [5.74, 6) is -0.180. The van der Waals surface area contributed by atoms with Crippen molar-refractivity contribution in [2.24, 2.45) is 11.3 Å². The fourth-order valence-electron chi connectivity index (χ4n) is 5.77. The topological polar surface area (TPSA) is 182 Å². The van der Waals surface area contributed by atoms with Gasteiger partial charge >= 0.3 is 19.3 Å². The Morgan fingerprint density at radius 1 is 1.13 bits per heavy atom. The van der Waals surface area contributed by atoms with Gasteiger partial charge in [-0.1, -0.05) is 59.4 Å². The molecule has 0 bridgehead atoms. The van der Waals surface area contributed by atoms with Crippen LogP contribution >= 0.6 is 0 Å². The van der Waals surface area contributed by atoms with E-state index in [4.69, 9.17) is 19.9 Å². The molecule has 3 aliphatic rings. The van der Waals surface area contributed by atoms with Crippen LogP contribution in [0.1, 0.15) is 96.7 Å². The molecule has 0 spiro atoms. The van der Waals surface area contributed by atoms with Gasteiger partial charge in [0, 0.05) is 18.7 Å². The first-order valence-electron chi connectivity index (χ1n) is 16.4. The zero-order chi connectivity index (χ0) is 34.3. The highest BCUT2D eigenvalue weighted by Crippen LogP contribution is 2.29. The third-order valence-corrected chi connectivity index (χ3v) is 8.32. The van der Waals surface area contributed by atoms with Gasteiger partial charge in [-0.25, -0.2) is 9.59 Å². The average Bonchev–Trinajstić information content (AvgIpc) is 3.69. The van der Waals surface area contributed by atoms with Gasteiger partial charge in [-0.05, 0) is 62.1 Å². The third-order valence-electron chi connectivity index (χ3n) is 8.32. The van der Waals surface area contributed by atoms with Crippen LogP contribution < -0.4 is 10.6 Å². The Balaban J connectivity index is 0.000000288. The summed E-state index contributed by atoms with van der Waals surface area (Å²) in [6, 6.07) is 2.79. The van der Waals surface area contributed by atoms with Gasteiger partial charge in [0.1, 0.15) is 12.3 Å². The van der Waals surface area contributed by atoms with E-state index < -0.39 is 25.3 Å². The molecule has 1 aromatic heterocycles. The number of carboxylic acid groups (broad SMARTS) is 1. The number of nitrogens with one attached hydrogen (secondary N) is 2. The van der Waals surface area contributed by atoms with Crippen molar-refractivity contribution in [2.45, 2.75) is 117 Å². The molecule has 3 amide bonds. The number of carbonyl (C=O) groups excluding carboxylic acids is 3. The third kappa shape index (κ3) is 12.9. The maximum absolute atomic E-state index is 13.0. The Kier molecular flexibility index (Phi) is 16.5. The summed E-state index contributed by atoms with van der Waals surface area (Å²) in [7, 11) is 0.495. The zero-order valence-corrected chi connectivity index (χ0v) is 28.1. The smallest absolute Gasteiger partial charge is 0.465 e. The van der Waals surface area contributed by atoms with E-state index in [0.717, 1.165) is 62.5 Å². The van der Waals surface area contributed by atoms with Crippen molar-refractivity contribution in [3.8, 4) is 0 Å². The fraction of sp³-hybridized carbons (Fsp3) is 0.719. The Morgan fingerprint density at radius 3 is 2.35 bits per heavy atom. The van der Waals surface area contributed by atoms with Crippen LogP contribution in [0.25, 0.3) is 0 Å². The number of amides is 3. The Morgan fingerprint density at radius 2 is 1.83 bits per heavy atom. The molecule has 258 valence electrons. The van der Waals surface area contributed by atoms with E-state index in [1.165, 1.54) is 11.3 Å². The van der Waals surface area contributed by atoms with Crippen molar-refractivity contribution in [2.75, 3.05) is 20.2 Å². The molecule has 1 aliphatic carbocycles. The van der Waals surface area contributed by atoms with Gasteiger partial charge in [-0.3, -0.25) is 14.7 Å². The largest absolute Gasteiger partial charge is 0.469 e. The summed E-state index contributed by atoms with van der Waals surface area (Å²) in [6.45, 7) is 9.75. The minimum Gasteiger partial charge on any atom is -0.465 e. The normalized spacial score (nSPS) is 19.0. The number of aromatic nitrogens is 1. The van der Waals surface area contributed by atoms with E-state index in [1.54, 1.807) is 18.1 Å². The number of hydrogen-bond donors (Lipinski definition) is 5. The number of hydrogen-bond acceptors (Lipinski definition) is 9. The molecule has 1 saturated carbocycles. The lowest BCUT2D eigenvalue weighted by Crippen LogP contribution is -2.54. The summed E-state index contributed by atoms with van der Waals surface area (Å²) in [5, 5.41) is 31.6. The second kappa shape index (κ2) is 19.4. The van der Waals surface area contributed by atoms with Crippen LogP contribution in [0.4, 0.5) is 9.59 Å². The molecule has 0 aromatic carbocycles. The SMILES string of the molecule is CC(C)(C)COC(=O)NC(C(=O)N1CCCC1C=O)C1CCCCC1.CCCC(NC)B(O)O.O=C(O)N1Cc2cccnc2C1. The molecule has 5 N–H and O–H groups in total. The summed E-state index contributed by atoms with van der Waals surface area (Å²) in [6.07, 6.45) is 9.59. The molecule has 0 radical (unpaired) electrons. The molecule has 4 rings (SSSR count). The lowest BCUT2D eigenvalue weighted by atomic mass is 9.77. The number of aldehydes is 1. The van der Waals surface area contributed by atoms with Crippen LogP contribution in [0.15, 0.2) is 18.3 Å². The van der Waals surface area contributed by atoms with Gasteiger partial charge < -0.3 is 40.2 Å². The van der Waals surface area contributed by atoms with Gasteiger partial charge in [0.05, 0.1) is 31.4 Å².